The van der Waals surface area contributed by atoms with Crippen molar-refractivity contribution < 1.29 is 22.4 Å². The molecule has 0 saturated carbocycles. The van der Waals surface area contributed by atoms with E-state index in [0.29, 0.717) is 11.4 Å². The molecule has 20 heavy (non-hydrogen) atoms. The minimum absolute atomic E-state index is 0.0415. The van der Waals surface area contributed by atoms with E-state index in [9.17, 15) is 12.9 Å². The van der Waals surface area contributed by atoms with Crippen LogP contribution < -0.4 is 14.9 Å². The smallest absolute Gasteiger partial charge is 0.492 e. The van der Waals surface area contributed by atoms with Crippen molar-refractivity contribution in [1.29, 1.82) is 0 Å². The topological polar surface area (TPSA) is 31.4 Å². The molecule has 0 saturated heterocycles. The van der Waals surface area contributed by atoms with Gasteiger partial charge in [-0.3, -0.25) is 0 Å². The van der Waals surface area contributed by atoms with Crippen molar-refractivity contribution in [3.05, 3.63) is 48.2 Å². The van der Waals surface area contributed by atoms with E-state index >= 15 is 0 Å². The monoisotopic (exact) mass is 282 g/mol. The number of halogens is 3. The molecule has 2 rings (SSSR count). The minimum atomic E-state index is -5.11. The Morgan fingerprint density at radius 2 is 1.85 bits per heavy atom. The summed E-state index contributed by atoms with van der Waals surface area (Å²) in [4.78, 5) is 3.96. The zero-order valence-electron chi connectivity index (χ0n) is 10.7. The molecule has 0 fully saturated rings. The molecule has 0 bridgehead atoms. The van der Waals surface area contributed by atoms with E-state index in [1.807, 2.05) is 0 Å². The van der Waals surface area contributed by atoms with E-state index in [1.54, 1.807) is 12.1 Å². The van der Waals surface area contributed by atoms with Crippen LogP contribution in [0.5, 0.6) is 11.6 Å². The maximum Gasteiger partial charge on any atom is 0.513 e. The normalized spacial score (nSPS) is 11.2. The minimum Gasteiger partial charge on any atom is -0.492 e. The highest BCUT2D eigenvalue weighted by Crippen LogP contribution is 2.20. The fraction of sp³-hybridized carbons (Fsp3) is 0.154. The second-order valence-electron chi connectivity index (χ2n) is 4.07. The van der Waals surface area contributed by atoms with Crippen LogP contribution in [0.1, 0.15) is 5.56 Å². The first-order valence-electron chi connectivity index (χ1n) is 5.92. The molecule has 3 nitrogen and oxygen atoms in total. The van der Waals surface area contributed by atoms with Crippen molar-refractivity contribution in [1.82, 2.24) is 4.98 Å². The number of benzene rings is 1. The summed E-state index contributed by atoms with van der Waals surface area (Å²) in [6.07, 6.45) is 1.54. The number of hydrogen-bond donors (Lipinski definition) is 0. The summed E-state index contributed by atoms with van der Waals surface area (Å²) >= 11 is 0. The molecule has 0 N–H and O–H groups in total. The molecule has 0 unspecified atom stereocenters. The predicted molar refractivity (Wildman–Crippen MR) is 70.3 cm³/mol. The van der Waals surface area contributed by atoms with Crippen LogP contribution in [-0.2, 0) is 6.61 Å². The van der Waals surface area contributed by atoms with E-state index in [1.165, 1.54) is 31.5 Å². The lowest BCUT2D eigenvalue weighted by Gasteiger charge is -2.19. The summed E-state index contributed by atoms with van der Waals surface area (Å²) in [5, 5.41) is 0. The Morgan fingerprint density at radius 3 is 2.55 bits per heavy atom. The first-order chi connectivity index (χ1) is 9.52. The average molecular weight is 282 g/mol. The molecule has 1 aromatic heterocycles. The summed E-state index contributed by atoms with van der Waals surface area (Å²) in [6.45, 7) is -5.15. The van der Waals surface area contributed by atoms with E-state index in [4.69, 9.17) is 9.47 Å². The number of aromatic nitrogens is 1. The fourth-order valence-corrected chi connectivity index (χ4v) is 1.76. The maximum atomic E-state index is 12.9. The number of pyridine rings is 1. The van der Waals surface area contributed by atoms with Crippen molar-refractivity contribution in [2.75, 3.05) is 7.11 Å². The Balaban J connectivity index is 2.20. The quantitative estimate of drug-likeness (QED) is 0.790. The van der Waals surface area contributed by atoms with Gasteiger partial charge in [-0.05, 0) is 18.2 Å². The third kappa shape index (κ3) is 3.23. The predicted octanol–water partition coefficient (Wildman–Crippen LogP) is 2.72. The van der Waals surface area contributed by atoms with Gasteiger partial charge < -0.3 is 22.4 Å². The van der Waals surface area contributed by atoms with Crippen LogP contribution in [-0.4, -0.2) is 19.1 Å². The number of ether oxygens (including phenoxy) is 2. The van der Waals surface area contributed by atoms with Crippen molar-refractivity contribution in [2.45, 2.75) is 6.61 Å². The largest absolute Gasteiger partial charge is 0.513 e. The number of para-hydroxylation sites is 1. The SMILES string of the molecule is COc1ncccc1COc1ccccc1[B-](F)(F)F. The van der Waals surface area contributed by atoms with Gasteiger partial charge in [-0.2, -0.15) is 0 Å². The van der Waals surface area contributed by atoms with Gasteiger partial charge in [0.05, 0.1) is 18.4 Å². The molecule has 7 heteroatoms. The third-order valence-electron chi connectivity index (χ3n) is 2.70. The third-order valence-corrected chi connectivity index (χ3v) is 2.70. The molecule has 0 aliphatic carbocycles. The molecule has 0 amide bonds. The first-order valence-corrected chi connectivity index (χ1v) is 5.92. The van der Waals surface area contributed by atoms with Gasteiger partial charge in [0.15, 0.2) is 0 Å². The summed E-state index contributed by atoms with van der Waals surface area (Å²) in [5.41, 5.74) is -0.158. The average Bonchev–Trinajstić information content (AvgIpc) is 2.44. The lowest BCUT2D eigenvalue weighted by molar-refractivity contribution is 0.294. The van der Waals surface area contributed by atoms with Gasteiger partial charge in [0, 0.05) is 6.20 Å². The van der Waals surface area contributed by atoms with Gasteiger partial charge in [0.2, 0.25) is 5.88 Å². The van der Waals surface area contributed by atoms with Gasteiger partial charge in [-0.25, -0.2) is 4.98 Å². The lowest BCUT2D eigenvalue weighted by Crippen LogP contribution is -2.35. The van der Waals surface area contributed by atoms with Gasteiger partial charge in [-0.1, -0.05) is 23.7 Å². The van der Waals surface area contributed by atoms with Crippen LogP contribution >= 0.6 is 0 Å². The highest BCUT2D eigenvalue weighted by Gasteiger charge is 2.28. The van der Waals surface area contributed by atoms with Crippen LogP contribution in [0.2, 0.25) is 0 Å². The van der Waals surface area contributed by atoms with Gasteiger partial charge >= 0.3 is 6.98 Å². The Morgan fingerprint density at radius 1 is 1.10 bits per heavy atom. The van der Waals surface area contributed by atoms with E-state index in [-0.39, 0.29) is 12.4 Å². The van der Waals surface area contributed by atoms with Crippen LogP contribution in [0.15, 0.2) is 42.6 Å². The number of nitrogens with zero attached hydrogens (tertiary/aromatic N) is 1. The summed E-state index contributed by atoms with van der Waals surface area (Å²) in [7, 11) is 1.44. The van der Waals surface area contributed by atoms with Crippen molar-refractivity contribution in [3.8, 4) is 11.6 Å². The molecular formula is C13H12BF3NO2-. The van der Waals surface area contributed by atoms with Crippen molar-refractivity contribution in [2.24, 2.45) is 0 Å². The molecule has 0 aliphatic rings. The Labute approximate surface area is 114 Å². The Hall–Kier alpha value is -2.18. The van der Waals surface area contributed by atoms with Crippen LogP contribution in [0.3, 0.4) is 0 Å². The standard InChI is InChI=1S/C13H12BF3NO2/c1-19-13-10(5-4-8-18-13)9-20-12-7-3-2-6-11(12)14(15,16)17/h2-8H,9H2,1H3/q-1. The van der Waals surface area contributed by atoms with Crippen LogP contribution in [0, 0.1) is 0 Å². The molecular weight excluding hydrogens is 270 g/mol. The van der Waals surface area contributed by atoms with Gasteiger partial charge in [-0.15, -0.1) is 0 Å². The van der Waals surface area contributed by atoms with Gasteiger partial charge in [0.25, 0.3) is 0 Å². The summed E-state index contributed by atoms with van der Waals surface area (Å²) < 4.78 is 48.9. The van der Waals surface area contributed by atoms with Crippen molar-refractivity contribution >= 4 is 12.4 Å². The molecule has 0 aliphatic heterocycles. The molecule has 1 aromatic carbocycles. The van der Waals surface area contributed by atoms with Gasteiger partial charge in [0.1, 0.15) is 6.61 Å². The molecule has 0 spiro atoms. The fourth-order valence-electron chi connectivity index (χ4n) is 1.76. The van der Waals surface area contributed by atoms with Crippen LogP contribution in [0.4, 0.5) is 12.9 Å². The van der Waals surface area contributed by atoms with Crippen LogP contribution in [0.25, 0.3) is 0 Å². The summed E-state index contributed by atoms with van der Waals surface area (Å²) in [6, 6.07) is 8.50. The maximum absolute atomic E-state index is 12.9. The first kappa shape index (κ1) is 14.2. The zero-order valence-corrected chi connectivity index (χ0v) is 10.7. The molecule has 0 atom stereocenters. The number of hydrogen-bond acceptors (Lipinski definition) is 3. The lowest BCUT2D eigenvalue weighted by atomic mass is 9.79. The molecule has 106 valence electrons. The zero-order chi connectivity index (χ0) is 14.6. The summed E-state index contributed by atoms with van der Waals surface area (Å²) in [5.74, 6) is 0.147. The second kappa shape index (κ2) is 5.86. The number of rotatable bonds is 5. The van der Waals surface area contributed by atoms with Crippen molar-refractivity contribution in [3.63, 3.8) is 0 Å². The molecule has 0 radical (unpaired) electrons. The molecule has 1 heterocycles. The number of methoxy groups -OCH3 is 1. The highest BCUT2D eigenvalue weighted by atomic mass is 19.4. The van der Waals surface area contributed by atoms with E-state index in [2.05, 4.69) is 4.98 Å². The second-order valence-corrected chi connectivity index (χ2v) is 4.07. The Bertz CT molecular complexity index is 590. The van der Waals surface area contributed by atoms with E-state index in [0.717, 1.165) is 6.07 Å². The Kier molecular flexibility index (Phi) is 4.17. The highest BCUT2D eigenvalue weighted by molar-refractivity contribution is 6.74. The molecule has 2 aromatic rings. The van der Waals surface area contributed by atoms with E-state index < -0.39 is 12.4 Å².